The van der Waals surface area contributed by atoms with Gasteiger partial charge in [0.15, 0.2) is 0 Å². The Bertz CT molecular complexity index is 1280. The summed E-state index contributed by atoms with van der Waals surface area (Å²) in [7, 11) is 0. The number of carbonyl (C=O) groups is 3. The van der Waals surface area contributed by atoms with Crippen LogP contribution in [-0.2, 0) is 15.8 Å². The van der Waals surface area contributed by atoms with E-state index in [4.69, 9.17) is 27.9 Å². The van der Waals surface area contributed by atoms with Crippen molar-refractivity contribution in [2.24, 2.45) is 5.10 Å². The van der Waals surface area contributed by atoms with E-state index < -0.39 is 29.5 Å². The van der Waals surface area contributed by atoms with E-state index in [9.17, 15) is 27.6 Å². The third-order valence-corrected chi connectivity index (χ3v) is 4.88. The lowest BCUT2D eigenvalue weighted by atomic mass is 10.2. The summed E-state index contributed by atoms with van der Waals surface area (Å²) in [6, 6.07) is 14.5. The first-order valence-electron chi connectivity index (χ1n) is 9.62. The van der Waals surface area contributed by atoms with Crippen molar-refractivity contribution in [3.8, 4) is 5.75 Å². The zero-order valence-electron chi connectivity index (χ0n) is 17.4. The fourth-order valence-corrected chi connectivity index (χ4v) is 2.86. The predicted molar refractivity (Wildman–Crippen MR) is 124 cm³/mol. The predicted octanol–water partition coefficient (Wildman–Crippen LogP) is 5.32. The quantitative estimate of drug-likeness (QED) is 0.155. The van der Waals surface area contributed by atoms with Crippen LogP contribution in [0.15, 0.2) is 71.8 Å². The van der Waals surface area contributed by atoms with Crippen LogP contribution in [-0.4, -0.2) is 24.0 Å². The number of rotatable bonds is 5. The highest BCUT2D eigenvalue weighted by molar-refractivity contribution is 6.41. The van der Waals surface area contributed by atoms with Crippen LogP contribution in [0.5, 0.6) is 5.75 Å². The Labute approximate surface area is 206 Å². The smallest absolute Gasteiger partial charge is 0.416 e. The highest BCUT2D eigenvalue weighted by atomic mass is 35.5. The summed E-state index contributed by atoms with van der Waals surface area (Å²) >= 11 is 11.6. The summed E-state index contributed by atoms with van der Waals surface area (Å²) in [4.78, 5) is 36.0. The highest BCUT2D eigenvalue weighted by Gasteiger charge is 2.31. The molecular weight excluding hydrogens is 510 g/mol. The molecule has 0 fully saturated rings. The van der Waals surface area contributed by atoms with Gasteiger partial charge in [-0.2, -0.15) is 18.3 Å². The minimum absolute atomic E-state index is 0.181. The van der Waals surface area contributed by atoms with E-state index in [1.165, 1.54) is 42.6 Å². The number of hydrazone groups is 1. The third kappa shape index (κ3) is 7.29. The van der Waals surface area contributed by atoms with Crippen LogP contribution in [0.3, 0.4) is 0 Å². The molecule has 3 rings (SSSR count). The Kier molecular flexibility index (Phi) is 8.10. The van der Waals surface area contributed by atoms with E-state index in [1.54, 1.807) is 12.1 Å². The molecule has 0 atom stereocenters. The third-order valence-electron chi connectivity index (χ3n) is 4.30. The summed E-state index contributed by atoms with van der Waals surface area (Å²) < 4.78 is 43.7. The van der Waals surface area contributed by atoms with Gasteiger partial charge in [-0.05, 0) is 72.3 Å². The summed E-state index contributed by atoms with van der Waals surface area (Å²) in [5, 5.41) is 5.91. The van der Waals surface area contributed by atoms with E-state index in [0.717, 1.165) is 12.1 Å². The standard InChI is InChI=1S/C23H14Cl2F3N3O4/c24-16-6-3-14(4-7-16)22(34)35-17-8-1-13(2-9-17)12-29-31-21(33)20(32)30-19-11-15(23(26,27)28)5-10-18(19)25/h1-12H,(H,30,32)(H,31,33)/b29-12+. The van der Waals surface area contributed by atoms with E-state index in [-0.39, 0.29) is 16.5 Å². The Morgan fingerprint density at radius 3 is 2.17 bits per heavy atom. The van der Waals surface area contributed by atoms with Gasteiger partial charge in [0.1, 0.15) is 5.75 Å². The van der Waals surface area contributed by atoms with Crippen LogP contribution in [0.25, 0.3) is 0 Å². The molecule has 0 radical (unpaired) electrons. The molecule has 12 heteroatoms. The van der Waals surface area contributed by atoms with Gasteiger partial charge in [0.05, 0.1) is 28.1 Å². The summed E-state index contributed by atoms with van der Waals surface area (Å²) in [6.07, 6.45) is -3.45. The van der Waals surface area contributed by atoms with Crippen LogP contribution in [0.1, 0.15) is 21.5 Å². The lowest BCUT2D eigenvalue weighted by molar-refractivity contribution is -0.137. The van der Waals surface area contributed by atoms with Crippen molar-refractivity contribution < 1.29 is 32.3 Å². The number of hydrogen-bond donors (Lipinski definition) is 2. The second kappa shape index (κ2) is 11.0. The first-order chi connectivity index (χ1) is 16.5. The van der Waals surface area contributed by atoms with Crippen molar-refractivity contribution in [1.29, 1.82) is 0 Å². The first kappa shape index (κ1) is 25.7. The highest BCUT2D eigenvalue weighted by Crippen LogP contribution is 2.33. The van der Waals surface area contributed by atoms with Crippen LogP contribution in [0, 0.1) is 0 Å². The maximum absolute atomic E-state index is 12.8. The molecule has 0 bridgehead atoms. The molecule has 0 saturated carbocycles. The number of esters is 1. The molecule has 3 aromatic rings. The van der Waals surface area contributed by atoms with E-state index >= 15 is 0 Å². The number of alkyl halides is 3. The average molecular weight is 524 g/mol. The first-order valence-corrected chi connectivity index (χ1v) is 10.4. The topological polar surface area (TPSA) is 96.9 Å². The van der Waals surface area contributed by atoms with Crippen molar-refractivity contribution in [3.63, 3.8) is 0 Å². The molecule has 0 aliphatic carbocycles. The van der Waals surface area contributed by atoms with Crippen LogP contribution in [0.4, 0.5) is 18.9 Å². The molecule has 0 aliphatic rings. The Hall–Kier alpha value is -3.89. The second-order valence-electron chi connectivity index (χ2n) is 6.81. The number of halogens is 5. The molecule has 35 heavy (non-hydrogen) atoms. The molecule has 0 saturated heterocycles. The average Bonchev–Trinajstić information content (AvgIpc) is 2.81. The summed E-state index contributed by atoms with van der Waals surface area (Å²) in [6.45, 7) is 0. The molecule has 0 heterocycles. The largest absolute Gasteiger partial charge is 0.423 e. The number of ether oxygens (including phenoxy) is 1. The fraction of sp³-hybridized carbons (Fsp3) is 0.0435. The summed E-state index contributed by atoms with van der Waals surface area (Å²) in [5.41, 5.74) is 1.32. The Balaban J connectivity index is 1.54. The molecule has 2 amide bonds. The fourth-order valence-electron chi connectivity index (χ4n) is 2.57. The van der Waals surface area contributed by atoms with Gasteiger partial charge in [-0.3, -0.25) is 9.59 Å². The molecule has 0 aromatic heterocycles. The minimum Gasteiger partial charge on any atom is -0.423 e. The molecule has 180 valence electrons. The lowest BCUT2D eigenvalue weighted by Gasteiger charge is -2.11. The number of hydrogen-bond acceptors (Lipinski definition) is 5. The van der Waals surface area contributed by atoms with E-state index in [2.05, 4.69) is 5.10 Å². The van der Waals surface area contributed by atoms with Gasteiger partial charge < -0.3 is 10.1 Å². The number of amides is 2. The number of benzene rings is 3. The van der Waals surface area contributed by atoms with Crippen LogP contribution >= 0.6 is 23.2 Å². The SMILES string of the molecule is O=C(N/N=C/c1ccc(OC(=O)c2ccc(Cl)cc2)cc1)C(=O)Nc1cc(C(F)(F)F)ccc1Cl. The number of anilines is 1. The maximum Gasteiger partial charge on any atom is 0.416 e. The molecule has 0 unspecified atom stereocenters. The van der Waals surface area contributed by atoms with E-state index in [1.807, 2.05) is 10.7 Å². The number of nitrogens with one attached hydrogen (secondary N) is 2. The normalized spacial score (nSPS) is 11.2. The monoisotopic (exact) mass is 523 g/mol. The molecule has 0 aliphatic heterocycles. The van der Waals surface area contributed by atoms with Crippen molar-refractivity contribution in [1.82, 2.24) is 5.43 Å². The van der Waals surface area contributed by atoms with Gasteiger partial charge in [0.25, 0.3) is 0 Å². The molecular formula is C23H14Cl2F3N3O4. The number of carbonyl (C=O) groups excluding carboxylic acids is 3. The van der Waals surface area contributed by atoms with Crippen molar-refractivity contribution in [2.45, 2.75) is 6.18 Å². The Morgan fingerprint density at radius 2 is 1.54 bits per heavy atom. The molecule has 3 aromatic carbocycles. The molecule has 2 N–H and O–H groups in total. The van der Waals surface area contributed by atoms with Gasteiger partial charge >= 0.3 is 24.0 Å². The summed E-state index contributed by atoms with van der Waals surface area (Å²) in [5.74, 6) is -2.83. The zero-order chi connectivity index (χ0) is 25.6. The van der Waals surface area contributed by atoms with Gasteiger partial charge in [0.2, 0.25) is 0 Å². The van der Waals surface area contributed by atoms with Crippen molar-refractivity contribution in [3.05, 3.63) is 93.5 Å². The van der Waals surface area contributed by atoms with Crippen LogP contribution in [0.2, 0.25) is 10.0 Å². The number of nitrogens with zero attached hydrogens (tertiary/aromatic N) is 1. The van der Waals surface area contributed by atoms with Crippen LogP contribution < -0.4 is 15.5 Å². The van der Waals surface area contributed by atoms with Gasteiger partial charge in [-0.1, -0.05) is 23.2 Å². The molecule has 7 nitrogen and oxygen atoms in total. The van der Waals surface area contributed by atoms with Gasteiger partial charge in [-0.25, -0.2) is 10.2 Å². The van der Waals surface area contributed by atoms with Crippen molar-refractivity contribution >= 4 is 52.9 Å². The minimum atomic E-state index is -4.65. The molecule has 0 spiro atoms. The zero-order valence-corrected chi connectivity index (χ0v) is 18.9. The second-order valence-corrected chi connectivity index (χ2v) is 7.65. The van der Waals surface area contributed by atoms with Gasteiger partial charge in [-0.15, -0.1) is 0 Å². The Morgan fingerprint density at radius 1 is 0.886 bits per heavy atom. The van der Waals surface area contributed by atoms with E-state index in [0.29, 0.717) is 22.2 Å². The van der Waals surface area contributed by atoms with Crippen molar-refractivity contribution in [2.75, 3.05) is 5.32 Å². The lowest BCUT2D eigenvalue weighted by Crippen LogP contribution is -2.32. The van der Waals surface area contributed by atoms with Gasteiger partial charge in [0, 0.05) is 5.02 Å². The maximum atomic E-state index is 12.8.